The van der Waals surface area contributed by atoms with Gasteiger partial charge in [0, 0.05) is 45.7 Å². The molecular formula is C40H32N8O2. The van der Waals surface area contributed by atoms with Crippen molar-refractivity contribution in [2.75, 3.05) is 10.6 Å². The van der Waals surface area contributed by atoms with Gasteiger partial charge in [0.15, 0.2) is 0 Å². The predicted octanol–water partition coefficient (Wildman–Crippen LogP) is 8.02. The minimum atomic E-state index is -0.530. The predicted molar refractivity (Wildman–Crippen MR) is 197 cm³/mol. The Morgan fingerprint density at radius 2 is 1.16 bits per heavy atom. The maximum atomic E-state index is 12.1. The van der Waals surface area contributed by atoms with Crippen LogP contribution in [0.25, 0.3) is 66.6 Å². The van der Waals surface area contributed by atoms with Gasteiger partial charge in [0.25, 0.3) is 0 Å². The number of benzene rings is 4. The zero-order valence-corrected chi connectivity index (χ0v) is 27.8. The maximum absolute atomic E-state index is 12.1. The molecule has 2 amide bonds. The first-order valence-corrected chi connectivity index (χ1v) is 16.5. The number of hydrogen-bond donors (Lipinski definition) is 4. The minimum absolute atomic E-state index is 0.0223. The van der Waals surface area contributed by atoms with E-state index >= 15 is 0 Å². The Morgan fingerprint density at radius 3 is 1.84 bits per heavy atom. The molecule has 10 heteroatoms. The third-order valence-electron chi connectivity index (χ3n) is 9.99. The second kappa shape index (κ2) is 10.5. The Balaban J connectivity index is 0.000000135. The molecule has 10 nitrogen and oxygen atoms in total. The highest BCUT2D eigenvalue weighted by Gasteiger charge is 2.39. The fraction of sp³-hybridized carbons (Fsp3) is 0.150. The van der Waals surface area contributed by atoms with E-state index in [1.807, 2.05) is 113 Å². The Labute approximate surface area is 286 Å². The molecule has 4 aromatic carbocycles. The van der Waals surface area contributed by atoms with Crippen LogP contribution in [0.5, 0.6) is 0 Å². The monoisotopic (exact) mass is 656 g/mol. The Bertz CT molecular complexity index is 2710. The minimum Gasteiger partial charge on any atom is -0.338 e. The van der Waals surface area contributed by atoms with E-state index in [0.717, 1.165) is 89.2 Å². The standard InChI is InChI=1S/2C20H16N4O/c1-20(2)13-8-16-17(9-15(13)24-19(20)25)23-18(22-16)12-7-11-5-3-4-6-14(11)21-10-12;1-20(2)13-9-16-17(10-15(13)24-19(20)25)23-18(22-16)12-7-8-21-14-6-4-3-5-11(12)14/h2*3-10H,1-2H3,(H,22,23)(H,24,25). The van der Waals surface area contributed by atoms with Gasteiger partial charge in [0.2, 0.25) is 11.8 Å². The smallest absolute Gasteiger partial charge is 0.234 e. The molecule has 2 aliphatic heterocycles. The number of H-pyrrole nitrogens is 2. The third-order valence-corrected chi connectivity index (χ3v) is 9.99. The topological polar surface area (TPSA) is 141 Å². The summed E-state index contributed by atoms with van der Waals surface area (Å²) in [6, 6.07) is 28.0. The van der Waals surface area contributed by atoms with Crippen molar-refractivity contribution in [1.29, 1.82) is 0 Å². The van der Waals surface area contributed by atoms with Gasteiger partial charge in [-0.15, -0.1) is 0 Å². The molecule has 0 saturated heterocycles. The van der Waals surface area contributed by atoms with Crippen LogP contribution in [0.4, 0.5) is 11.4 Å². The van der Waals surface area contributed by atoms with Crippen LogP contribution in [0, 0.1) is 0 Å². The van der Waals surface area contributed by atoms with Crippen molar-refractivity contribution in [3.8, 4) is 22.8 Å². The van der Waals surface area contributed by atoms with Gasteiger partial charge in [-0.2, -0.15) is 0 Å². The number of carbonyl (C=O) groups is 2. The van der Waals surface area contributed by atoms with Crippen LogP contribution in [0.1, 0.15) is 38.8 Å². The molecule has 0 atom stereocenters. The second-order valence-electron chi connectivity index (χ2n) is 14.0. The molecule has 6 heterocycles. The summed E-state index contributed by atoms with van der Waals surface area (Å²) in [5.41, 5.74) is 10.0. The normalized spacial score (nSPS) is 15.5. The van der Waals surface area contributed by atoms with Gasteiger partial charge in [0.1, 0.15) is 11.6 Å². The van der Waals surface area contributed by atoms with E-state index in [1.165, 1.54) is 0 Å². The van der Waals surface area contributed by atoms with Gasteiger partial charge < -0.3 is 20.6 Å². The van der Waals surface area contributed by atoms with Gasteiger partial charge in [-0.05, 0) is 87.4 Å². The lowest BCUT2D eigenvalue weighted by Gasteiger charge is -2.14. The molecule has 0 aliphatic carbocycles. The van der Waals surface area contributed by atoms with Gasteiger partial charge in [-0.25, -0.2) is 9.97 Å². The number of anilines is 2. The lowest BCUT2D eigenvalue weighted by atomic mass is 9.86. The first-order valence-electron chi connectivity index (χ1n) is 16.5. The summed E-state index contributed by atoms with van der Waals surface area (Å²) in [6.07, 6.45) is 3.63. The van der Waals surface area contributed by atoms with Gasteiger partial charge in [0.05, 0.1) is 43.9 Å². The zero-order valence-electron chi connectivity index (χ0n) is 27.8. The molecule has 4 aromatic heterocycles. The van der Waals surface area contributed by atoms with Crippen LogP contribution in [0.15, 0.2) is 97.3 Å². The molecule has 244 valence electrons. The number of carbonyl (C=O) groups excluding carboxylic acids is 2. The molecule has 0 unspecified atom stereocenters. The van der Waals surface area contributed by atoms with Crippen molar-refractivity contribution in [1.82, 2.24) is 29.9 Å². The second-order valence-corrected chi connectivity index (χ2v) is 14.0. The van der Waals surface area contributed by atoms with Crippen molar-refractivity contribution >= 4 is 67.1 Å². The SMILES string of the molecule is CC1(C)C(=O)Nc2cc3nc(-c4ccnc5ccccc45)[nH]c3cc21.CC1(C)C(=O)Nc2cc3nc(-c4cnc5ccccc5c4)[nH]c3cc21. The van der Waals surface area contributed by atoms with E-state index in [2.05, 4.69) is 36.6 Å². The number of pyridine rings is 2. The van der Waals surface area contributed by atoms with E-state index in [-0.39, 0.29) is 11.8 Å². The van der Waals surface area contributed by atoms with E-state index in [1.54, 1.807) is 6.20 Å². The molecule has 0 saturated carbocycles. The summed E-state index contributed by atoms with van der Waals surface area (Å²) >= 11 is 0. The highest BCUT2D eigenvalue weighted by atomic mass is 16.2. The van der Waals surface area contributed by atoms with E-state index in [0.29, 0.717) is 0 Å². The molecule has 0 bridgehead atoms. The number of aromatic nitrogens is 6. The van der Waals surface area contributed by atoms with Gasteiger partial charge >= 0.3 is 0 Å². The highest BCUT2D eigenvalue weighted by molar-refractivity contribution is 6.09. The highest BCUT2D eigenvalue weighted by Crippen LogP contribution is 2.41. The molecule has 2 aliphatic rings. The van der Waals surface area contributed by atoms with Crippen molar-refractivity contribution in [3.63, 3.8) is 0 Å². The molecule has 50 heavy (non-hydrogen) atoms. The largest absolute Gasteiger partial charge is 0.338 e. The van der Waals surface area contributed by atoms with Crippen LogP contribution in [-0.2, 0) is 20.4 Å². The van der Waals surface area contributed by atoms with Crippen molar-refractivity contribution in [2.45, 2.75) is 38.5 Å². The molecule has 0 spiro atoms. The summed E-state index contributed by atoms with van der Waals surface area (Å²) in [6.45, 7) is 7.75. The fourth-order valence-electron chi connectivity index (χ4n) is 6.92. The number of rotatable bonds is 2. The number of nitrogens with one attached hydrogen (secondary N) is 4. The number of aromatic amines is 2. The lowest BCUT2D eigenvalue weighted by molar-refractivity contribution is -0.120. The van der Waals surface area contributed by atoms with Crippen LogP contribution in [0.2, 0.25) is 0 Å². The summed E-state index contributed by atoms with van der Waals surface area (Å²) in [5, 5.41) is 8.04. The fourth-order valence-corrected chi connectivity index (χ4v) is 6.92. The van der Waals surface area contributed by atoms with Crippen LogP contribution < -0.4 is 10.6 Å². The molecular weight excluding hydrogens is 624 g/mol. The Morgan fingerprint density at radius 1 is 0.580 bits per heavy atom. The molecule has 10 rings (SSSR count). The van der Waals surface area contributed by atoms with Gasteiger partial charge in [-0.3, -0.25) is 19.6 Å². The average Bonchev–Trinajstić information content (AvgIpc) is 3.84. The quantitative estimate of drug-likeness (QED) is 0.149. The molecule has 4 N–H and O–H groups in total. The van der Waals surface area contributed by atoms with Crippen LogP contribution in [0.3, 0.4) is 0 Å². The van der Waals surface area contributed by atoms with E-state index in [9.17, 15) is 9.59 Å². The Hall–Kier alpha value is -6.42. The summed E-state index contributed by atoms with van der Waals surface area (Å²) in [7, 11) is 0. The average molecular weight is 657 g/mol. The maximum Gasteiger partial charge on any atom is 0.234 e. The van der Waals surface area contributed by atoms with Crippen molar-refractivity contribution < 1.29 is 9.59 Å². The number of imidazole rings is 2. The van der Waals surface area contributed by atoms with Crippen molar-refractivity contribution in [3.05, 3.63) is 108 Å². The summed E-state index contributed by atoms with van der Waals surface area (Å²) in [4.78, 5) is 49.4. The third kappa shape index (κ3) is 4.56. The number of amides is 2. The molecule has 8 aromatic rings. The van der Waals surface area contributed by atoms with Gasteiger partial charge in [-0.1, -0.05) is 36.4 Å². The van der Waals surface area contributed by atoms with E-state index < -0.39 is 10.8 Å². The molecule has 0 fully saturated rings. The Kier molecular flexibility index (Phi) is 6.26. The lowest BCUT2D eigenvalue weighted by Crippen LogP contribution is -2.26. The molecule has 0 radical (unpaired) electrons. The number of hydrogen-bond acceptors (Lipinski definition) is 6. The zero-order chi connectivity index (χ0) is 34.4. The number of para-hydroxylation sites is 2. The first kappa shape index (κ1) is 29.7. The van der Waals surface area contributed by atoms with E-state index in [4.69, 9.17) is 9.97 Å². The first-order chi connectivity index (χ1) is 24.1. The van der Waals surface area contributed by atoms with Crippen LogP contribution >= 0.6 is 0 Å². The summed E-state index contributed by atoms with van der Waals surface area (Å²) < 4.78 is 0. The summed E-state index contributed by atoms with van der Waals surface area (Å²) in [5.74, 6) is 1.63. The van der Waals surface area contributed by atoms with Crippen LogP contribution in [-0.4, -0.2) is 41.7 Å². The van der Waals surface area contributed by atoms with Crippen molar-refractivity contribution in [2.24, 2.45) is 0 Å². The number of fused-ring (bicyclic) bond motifs is 6. The number of nitrogens with zero attached hydrogens (tertiary/aromatic N) is 4.